The Bertz CT molecular complexity index is 567. The third-order valence-corrected chi connectivity index (χ3v) is 2.37. The van der Waals surface area contributed by atoms with Crippen molar-refractivity contribution >= 4 is 6.29 Å². The molecule has 2 aromatic rings. The Morgan fingerprint density at radius 1 is 1.11 bits per heavy atom. The summed E-state index contributed by atoms with van der Waals surface area (Å²) in [7, 11) is 0. The average Bonchev–Trinajstić information content (AvgIpc) is 2.40. The van der Waals surface area contributed by atoms with E-state index in [0.717, 1.165) is 18.2 Å². The molecule has 18 heavy (non-hydrogen) atoms. The smallest absolute Gasteiger partial charge is 0.165 e. The molecule has 0 saturated heterocycles. The maximum absolute atomic E-state index is 13.3. The maximum Gasteiger partial charge on any atom is 0.165 e. The lowest BCUT2D eigenvalue weighted by Gasteiger charge is -2.07. The standard InChI is InChI=1S/C14H10F2O2/c15-12-4-5-13(16)14(7-12)18-9-11-3-1-2-10(6-11)8-17/h1-8H,9H2. The van der Waals surface area contributed by atoms with Crippen molar-refractivity contribution in [2.75, 3.05) is 0 Å². The van der Waals surface area contributed by atoms with Gasteiger partial charge in [-0.05, 0) is 23.8 Å². The fraction of sp³-hybridized carbons (Fsp3) is 0.0714. The topological polar surface area (TPSA) is 26.3 Å². The van der Waals surface area contributed by atoms with Crippen molar-refractivity contribution < 1.29 is 18.3 Å². The number of ether oxygens (including phenoxy) is 1. The monoisotopic (exact) mass is 248 g/mol. The van der Waals surface area contributed by atoms with E-state index in [4.69, 9.17) is 4.74 Å². The highest BCUT2D eigenvalue weighted by Gasteiger charge is 2.05. The van der Waals surface area contributed by atoms with E-state index in [0.29, 0.717) is 17.4 Å². The van der Waals surface area contributed by atoms with E-state index in [2.05, 4.69) is 0 Å². The molecule has 0 unspecified atom stereocenters. The highest BCUT2D eigenvalue weighted by atomic mass is 19.1. The van der Waals surface area contributed by atoms with Crippen LogP contribution in [0.5, 0.6) is 5.75 Å². The predicted molar refractivity (Wildman–Crippen MR) is 62.5 cm³/mol. The molecule has 0 spiro atoms. The molecule has 2 aromatic carbocycles. The van der Waals surface area contributed by atoms with Gasteiger partial charge in [-0.1, -0.05) is 18.2 Å². The largest absolute Gasteiger partial charge is 0.486 e. The number of hydrogen-bond donors (Lipinski definition) is 0. The summed E-state index contributed by atoms with van der Waals surface area (Å²) in [5, 5.41) is 0. The third-order valence-electron chi connectivity index (χ3n) is 2.37. The highest BCUT2D eigenvalue weighted by Crippen LogP contribution is 2.19. The molecular weight excluding hydrogens is 238 g/mol. The second-order valence-electron chi connectivity index (χ2n) is 3.73. The molecule has 0 radical (unpaired) electrons. The molecule has 92 valence electrons. The van der Waals surface area contributed by atoms with Gasteiger partial charge in [-0.2, -0.15) is 0 Å². The molecule has 0 atom stereocenters. The third kappa shape index (κ3) is 2.91. The number of benzene rings is 2. The molecule has 2 nitrogen and oxygen atoms in total. The Balaban J connectivity index is 2.11. The van der Waals surface area contributed by atoms with E-state index in [9.17, 15) is 13.6 Å². The molecule has 0 aliphatic carbocycles. The Kier molecular flexibility index (Phi) is 3.67. The molecule has 0 N–H and O–H groups in total. The molecule has 0 aromatic heterocycles. The minimum Gasteiger partial charge on any atom is -0.486 e. The second kappa shape index (κ2) is 5.40. The Hall–Kier alpha value is -2.23. The van der Waals surface area contributed by atoms with Crippen LogP contribution in [-0.2, 0) is 6.61 Å². The quantitative estimate of drug-likeness (QED) is 0.775. The van der Waals surface area contributed by atoms with Crippen LogP contribution in [0.15, 0.2) is 42.5 Å². The number of carbonyl (C=O) groups is 1. The zero-order valence-corrected chi connectivity index (χ0v) is 9.40. The summed E-state index contributed by atoms with van der Waals surface area (Å²) >= 11 is 0. The van der Waals surface area contributed by atoms with Crippen molar-refractivity contribution in [2.24, 2.45) is 0 Å². The molecular formula is C14H10F2O2. The van der Waals surface area contributed by atoms with Gasteiger partial charge in [-0.25, -0.2) is 8.78 Å². The van der Waals surface area contributed by atoms with Gasteiger partial charge < -0.3 is 4.74 Å². The fourth-order valence-corrected chi connectivity index (χ4v) is 1.51. The minimum atomic E-state index is -0.622. The zero-order valence-electron chi connectivity index (χ0n) is 9.40. The molecule has 0 bridgehead atoms. The van der Waals surface area contributed by atoms with Crippen molar-refractivity contribution in [3.05, 3.63) is 65.2 Å². The van der Waals surface area contributed by atoms with Crippen LogP contribution in [0.1, 0.15) is 15.9 Å². The molecule has 2 rings (SSSR count). The van der Waals surface area contributed by atoms with Crippen LogP contribution in [0.2, 0.25) is 0 Å². The van der Waals surface area contributed by atoms with Gasteiger partial charge in [0.15, 0.2) is 11.6 Å². The Morgan fingerprint density at radius 3 is 2.72 bits per heavy atom. The van der Waals surface area contributed by atoms with Crippen LogP contribution in [0.25, 0.3) is 0 Å². The van der Waals surface area contributed by atoms with Gasteiger partial charge in [0.2, 0.25) is 0 Å². The summed E-state index contributed by atoms with van der Waals surface area (Å²) in [6, 6.07) is 9.73. The summed E-state index contributed by atoms with van der Waals surface area (Å²) in [6.07, 6.45) is 0.715. The maximum atomic E-state index is 13.3. The normalized spacial score (nSPS) is 10.1. The van der Waals surface area contributed by atoms with Crippen molar-refractivity contribution in [1.82, 2.24) is 0 Å². The SMILES string of the molecule is O=Cc1cccc(COc2cc(F)ccc2F)c1. The van der Waals surface area contributed by atoms with E-state index < -0.39 is 11.6 Å². The lowest BCUT2D eigenvalue weighted by Crippen LogP contribution is -1.98. The molecule has 0 saturated carbocycles. The molecule has 0 fully saturated rings. The number of hydrogen-bond acceptors (Lipinski definition) is 2. The van der Waals surface area contributed by atoms with Crippen LogP contribution in [0.4, 0.5) is 8.78 Å². The van der Waals surface area contributed by atoms with Crippen LogP contribution < -0.4 is 4.74 Å². The fourth-order valence-electron chi connectivity index (χ4n) is 1.51. The lowest BCUT2D eigenvalue weighted by atomic mass is 10.1. The minimum absolute atomic E-state index is 0.0715. The first-order chi connectivity index (χ1) is 8.69. The van der Waals surface area contributed by atoms with Crippen molar-refractivity contribution in [1.29, 1.82) is 0 Å². The number of rotatable bonds is 4. The summed E-state index contributed by atoms with van der Waals surface area (Å²) in [5.74, 6) is -1.33. The molecule has 4 heteroatoms. The molecule has 0 heterocycles. The first kappa shape index (κ1) is 12.2. The van der Waals surface area contributed by atoms with Gasteiger partial charge in [0.25, 0.3) is 0 Å². The van der Waals surface area contributed by atoms with E-state index in [-0.39, 0.29) is 12.4 Å². The van der Waals surface area contributed by atoms with Gasteiger partial charge in [0.05, 0.1) is 0 Å². The summed E-state index contributed by atoms with van der Waals surface area (Å²) in [6.45, 7) is 0.0715. The van der Waals surface area contributed by atoms with Crippen LogP contribution >= 0.6 is 0 Å². The summed E-state index contributed by atoms with van der Waals surface area (Å²) in [4.78, 5) is 10.6. The van der Waals surface area contributed by atoms with Gasteiger partial charge in [0.1, 0.15) is 18.7 Å². The lowest BCUT2D eigenvalue weighted by molar-refractivity contribution is 0.112. The van der Waals surface area contributed by atoms with E-state index in [1.165, 1.54) is 0 Å². The first-order valence-electron chi connectivity index (χ1n) is 5.31. The van der Waals surface area contributed by atoms with Crippen LogP contribution in [0.3, 0.4) is 0 Å². The molecule has 0 amide bonds. The van der Waals surface area contributed by atoms with Gasteiger partial charge in [-0.15, -0.1) is 0 Å². The number of carbonyl (C=O) groups excluding carboxylic acids is 1. The molecule has 0 aliphatic heterocycles. The van der Waals surface area contributed by atoms with Crippen LogP contribution in [-0.4, -0.2) is 6.29 Å². The Morgan fingerprint density at radius 2 is 1.94 bits per heavy atom. The van der Waals surface area contributed by atoms with Crippen molar-refractivity contribution in [3.8, 4) is 5.75 Å². The van der Waals surface area contributed by atoms with E-state index in [1.807, 2.05) is 0 Å². The zero-order chi connectivity index (χ0) is 13.0. The first-order valence-corrected chi connectivity index (χ1v) is 5.31. The van der Waals surface area contributed by atoms with Gasteiger partial charge in [0, 0.05) is 11.6 Å². The predicted octanol–water partition coefficient (Wildman–Crippen LogP) is 3.36. The highest BCUT2D eigenvalue weighted by molar-refractivity contribution is 5.74. The average molecular weight is 248 g/mol. The summed E-state index contributed by atoms with van der Waals surface area (Å²) < 4.78 is 31.3. The summed E-state index contributed by atoms with van der Waals surface area (Å²) in [5.41, 5.74) is 1.22. The van der Waals surface area contributed by atoms with Crippen molar-refractivity contribution in [3.63, 3.8) is 0 Å². The van der Waals surface area contributed by atoms with Crippen molar-refractivity contribution in [2.45, 2.75) is 6.61 Å². The Labute approximate surface area is 103 Å². The molecule has 0 aliphatic rings. The van der Waals surface area contributed by atoms with E-state index >= 15 is 0 Å². The number of halogens is 2. The van der Waals surface area contributed by atoms with Gasteiger partial charge >= 0.3 is 0 Å². The van der Waals surface area contributed by atoms with Crippen LogP contribution in [0, 0.1) is 11.6 Å². The van der Waals surface area contributed by atoms with E-state index in [1.54, 1.807) is 24.3 Å². The second-order valence-corrected chi connectivity index (χ2v) is 3.73. The van der Waals surface area contributed by atoms with Gasteiger partial charge in [-0.3, -0.25) is 4.79 Å². The number of aldehydes is 1.